The second-order valence-corrected chi connectivity index (χ2v) is 6.31. The Morgan fingerprint density at radius 2 is 1.96 bits per heavy atom. The monoisotopic (exact) mass is 375 g/mol. The highest BCUT2D eigenvalue weighted by atomic mass is 32.1. The summed E-state index contributed by atoms with van der Waals surface area (Å²) < 4.78 is 0. The molecule has 2 heterocycles. The minimum atomic E-state index is -0.615. The maximum atomic E-state index is 12.4. The smallest absolute Gasteiger partial charge is 0.270 e. The number of thiocarbonyl (C=S) groups is 1. The van der Waals surface area contributed by atoms with Crippen molar-refractivity contribution in [2.75, 3.05) is 38.1 Å². The fourth-order valence-corrected chi connectivity index (χ4v) is 3.04. The maximum Gasteiger partial charge on any atom is 0.270 e. The lowest BCUT2D eigenvalue weighted by atomic mass is 10.0. The van der Waals surface area contributed by atoms with Crippen molar-refractivity contribution >= 4 is 46.6 Å². The first-order valence-electron chi connectivity index (χ1n) is 7.97. The van der Waals surface area contributed by atoms with Crippen molar-refractivity contribution in [3.8, 4) is 0 Å². The lowest BCUT2D eigenvalue weighted by molar-refractivity contribution is -0.384. The number of nitro benzene ring substituents is 1. The summed E-state index contributed by atoms with van der Waals surface area (Å²) in [6, 6.07) is 4.44. The van der Waals surface area contributed by atoms with E-state index in [2.05, 4.69) is 15.5 Å². The predicted octanol–water partition coefficient (Wildman–Crippen LogP) is 0.261. The molecular formula is C16H17N5O4S. The molecule has 0 aromatic heterocycles. The van der Waals surface area contributed by atoms with Crippen LogP contribution in [0.25, 0.3) is 6.08 Å². The van der Waals surface area contributed by atoms with E-state index in [4.69, 9.17) is 12.2 Å². The Labute approximate surface area is 154 Å². The molecule has 26 heavy (non-hydrogen) atoms. The highest BCUT2D eigenvalue weighted by Crippen LogP contribution is 2.28. The molecule has 2 aliphatic rings. The van der Waals surface area contributed by atoms with Crippen LogP contribution in [0.15, 0.2) is 23.8 Å². The third kappa shape index (κ3) is 3.41. The largest absolute Gasteiger partial charge is 0.368 e. The molecule has 10 heteroatoms. The number of nitro groups is 1. The minimum absolute atomic E-state index is 0.0264. The quantitative estimate of drug-likeness (QED) is 0.256. The minimum Gasteiger partial charge on any atom is -0.368 e. The molecule has 2 amide bonds. The van der Waals surface area contributed by atoms with Gasteiger partial charge in [-0.15, -0.1) is 0 Å². The van der Waals surface area contributed by atoms with Crippen molar-refractivity contribution < 1.29 is 14.5 Å². The molecule has 0 bridgehead atoms. The number of piperazine rings is 1. The molecule has 3 rings (SSSR count). The zero-order valence-electron chi connectivity index (χ0n) is 14.0. The summed E-state index contributed by atoms with van der Waals surface area (Å²) in [5.41, 5.74) is 0.961. The van der Waals surface area contributed by atoms with Gasteiger partial charge >= 0.3 is 0 Å². The van der Waals surface area contributed by atoms with Crippen LogP contribution in [-0.4, -0.2) is 60.0 Å². The first-order valence-corrected chi connectivity index (χ1v) is 8.38. The topological polar surface area (TPSA) is 108 Å². The maximum absolute atomic E-state index is 12.4. The van der Waals surface area contributed by atoms with E-state index in [1.54, 1.807) is 6.07 Å². The van der Waals surface area contributed by atoms with Crippen LogP contribution in [0.1, 0.15) is 5.56 Å². The van der Waals surface area contributed by atoms with Crippen LogP contribution in [0, 0.1) is 10.1 Å². The molecule has 0 spiro atoms. The number of hydrogen-bond acceptors (Lipinski definition) is 7. The molecule has 0 unspecified atom stereocenters. The number of anilines is 1. The van der Waals surface area contributed by atoms with Crippen LogP contribution >= 0.6 is 12.2 Å². The summed E-state index contributed by atoms with van der Waals surface area (Å²) in [4.78, 5) is 38.5. The van der Waals surface area contributed by atoms with E-state index >= 15 is 0 Å². The Morgan fingerprint density at radius 3 is 2.62 bits per heavy atom. The van der Waals surface area contributed by atoms with Gasteiger partial charge in [0.25, 0.3) is 17.5 Å². The predicted molar refractivity (Wildman–Crippen MR) is 99.7 cm³/mol. The van der Waals surface area contributed by atoms with E-state index in [1.165, 1.54) is 25.3 Å². The van der Waals surface area contributed by atoms with Gasteiger partial charge in [0.05, 0.1) is 4.92 Å². The van der Waals surface area contributed by atoms with Crippen molar-refractivity contribution in [1.29, 1.82) is 0 Å². The van der Waals surface area contributed by atoms with Crippen molar-refractivity contribution in [2.24, 2.45) is 0 Å². The van der Waals surface area contributed by atoms with Crippen molar-refractivity contribution in [3.05, 3.63) is 39.4 Å². The van der Waals surface area contributed by atoms with E-state index < -0.39 is 16.7 Å². The summed E-state index contributed by atoms with van der Waals surface area (Å²) >= 11 is 4.92. The number of nitrogens with one attached hydrogen (secondary N) is 2. The number of nitrogens with zero attached hydrogens (tertiary/aromatic N) is 3. The Balaban J connectivity index is 2.07. The molecule has 2 N–H and O–H groups in total. The summed E-state index contributed by atoms with van der Waals surface area (Å²) in [5, 5.41) is 16.8. The molecule has 0 radical (unpaired) electrons. The van der Waals surface area contributed by atoms with Crippen LogP contribution in [0.2, 0.25) is 0 Å². The van der Waals surface area contributed by atoms with Crippen LogP contribution in [0.4, 0.5) is 11.4 Å². The van der Waals surface area contributed by atoms with Gasteiger partial charge in [-0.3, -0.25) is 29.9 Å². The highest BCUT2D eigenvalue weighted by Gasteiger charge is 2.31. The van der Waals surface area contributed by atoms with Crippen LogP contribution in [0.3, 0.4) is 0 Å². The molecule has 1 aromatic carbocycles. The Morgan fingerprint density at radius 1 is 1.27 bits per heavy atom. The number of carbonyl (C=O) groups excluding carboxylic acids is 2. The lowest BCUT2D eigenvalue weighted by Gasteiger charge is -2.31. The van der Waals surface area contributed by atoms with Gasteiger partial charge in [0, 0.05) is 56.6 Å². The van der Waals surface area contributed by atoms with Crippen molar-refractivity contribution in [1.82, 2.24) is 15.5 Å². The molecule has 9 nitrogen and oxygen atoms in total. The van der Waals surface area contributed by atoms with Gasteiger partial charge in [-0.25, -0.2) is 0 Å². The van der Waals surface area contributed by atoms with E-state index in [0.29, 0.717) is 5.56 Å². The van der Waals surface area contributed by atoms with Gasteiger partial charge < -0.3 is 10.2 Å². The molecule has 2 saturated heterocycles. The SMILES string of the molecule is CN1C(=O)/C(=C\c2cc([N+](=O)[O-])ccc2N2CCNCC2)C(=O)NC1=S. The van der Waals surface area contributed by atoms with E-state index in [-0.39, 0.29) is 16.4 Å². The zero-order valence-corrected chi connectivity index (χ0v) is 14.8. The van der Waals surface area contributed by atoms with Gasteiger partial charge in [-0.2, -0.15) is 0 Å². The summed E-state index contributed by atoms with van der Waals surface area (Å²) in [6.07, 6.45) is 1.39. The molecular weight excluding hydrogens is 358 g/mol. The van der Waals surface area contributed by atoms with Crippen LogP contribution in [-0.2, 0) is 9.59 Å². The summed E-state index contributed by atoms with van der Waals surface area (Å²) in [6.45, 7) is 3.00. The zero-order chi connectivity index (χ0) is 18.8. The number of likely N-dealkylation sites (N-methyl/N-ethyl adjacent to an activating group) is 1. The van der Waals surface area contributed by atoms with E-state index in [9.17, 15) is 19.7 Å². The molecule has 2 aliphatic heterocycles. The summed E-state index contributed by atoms with van der Waals surface area (Å²) in [7, 11) is 1.46. The number of hydrogen-bond donors (Lipinski definition) is 2. The Kier molecular flexibility index (Phi) is 4.96. The number of non-ortho nitro benzene ring substituents is 1. The molecule has 2 fully saturated rings. The Hall–Kier alpha value is -2.85. The van der Waals surface area contributed by atoms with Crippen molar-refractivity contribution in [2.45, 2.75) is 0 Å². The number of benzene rings is 1. The van der Waals surface area contributed by atoms with E-state index in [1.807, 2.05) is 0 Å². The van der Waals surface area contributed by atoms with Crippen molar-refractivity contribution in [3.63, 3.8) is 0 Å². The molecule has 1 aromatic rings. The average Bonchev–Trinajstić information content (AvgIpc) is 2.64. The fraction of sp³-hybridized carbons (Fsp3) is 0.312. The normalized spacial score (nSPS) is 19.7. The van der Waals surface area contributed by atoms with Gasteiger partial charge in [0.2, 0.25) is 0 Å². The highest BCUT2D eigenvalue weighted by molar-refractivity contribution is 7.80. The third-order valence-electron chi connectivity index (χ3n) is 4.28. The molecule has 0 atom stereocenters. The standard InChI is InChI=1S/C16H17N5O4S/c1-19-15(23)12(14(22)18-16(19)26)9-10-8-11(21(24)25)2-3-13(10)20-6-4-17-5-7-20/h2-3,8-9,17H,4-7H2,1H3,(H,18,22,26)/b12-9-. The number of amides is 2. The van der Waals surface area contributed by atoms with Gasteiger partial charge in [0.15, 0.2) is 5.11 Å². The first kappa shape index (κ1) is 18.0. The Bertz CT molecular complexity index is 832. The van der Waals surface area contributed by atoms with Gasteiger partial charge in [0.1, 0.15) is 5.57 Å². The average molecular weight is 375 g/mol. The number of carbonyl (C=O) groups is 2. The van der Waals surface area contributed by atoms with Gasteiger partial charge in [-0.1, -0.05) is 0 Å². The van der Waals surface area contributed by atoms with Gasteiger partial charge in [-0.05, 0) is 24.4 Å². The molecule has 0 aliphatic carbocycles. The summed E-state index contributed by atoms with van der Waals surface area (Å²) in [5.74, 6) is -1.16. The number of rotatable bonds is 3. The second-order valence-electron chi connectivity index (χ2n) is 5.92. The molecule has 0 saturated carbocycles. The van der Waals surface area contributed by atoms with Crippen LogP contribution in [0.5, 0.6) is 0 Å². The lowest BCUT2D eigenvalue weighted by Crippen LogP contribution is -2.52. The molecule has 136 valence electrons. The van der Waals surface area contributed by atoms with Crippen LogP contribution < -0.4 is 15.5 Å². The fourth-order valence-electron chi connectivity index (χ4n) is 2.87. The first-order chi connectivity index (χ1) is 12.4. The van der Waals surface area contributed by atoms with E-state index in [0.717, 1.165) is 36.8 Å². The third-order valence-corrected chi connectivity index (χ3v) is 4.66. The second kappa shape index (κ2) is 7.18.